The molecule has 0 amide bonds. The van der Waals surface area contributed by atoms with Gasteiger partial charge in [-0.05, 0) is 53.9 Å². The van der Waals surface area contributed by atoms with Crippen LogP contribution in [0.25, 0.3) is 33.5 Å². The first-order valence-corrected chi connectivity index (χ1v) is 37.1. The molecule has 39 heteroatoms. The number of aryl methyl sites for hydroxylation is 1. The topological polar surface area (TPSA) is 496 Å². The molecule has 5 aliphatic heterocycles. The molecule has 0 radical (unpaired) electrons. The molecule has 16 rings (SSSR count). The van der Waals surface area contributed by atoms with E-state index in [4.69, 9.17) is 84.8 Å². The van der Waals surface area contributed by atoms with Crippen molar-refractivity contribution in [2.75, 3.05) is 70.2 Å². The summed E-state index contributed by atoms with van der Waals surface area (Å²) in [5.41, 5.74) is 25.1. The van der Waals surface area contributed by atoms with Crippen LogP contribution in [-0.2, 0) is 53.0 Å². The summed E-state index contributed by atoms with van der Waals surface area (Å²) in [7, 11) is 3.16. The molecule has 0 aliphatic carbocycles. The Morgan fingerprint density at radius 1 is 0.554 bits per heavy atom. The molecule has 0 bridgehead atoms. The Hall–Kier alpha value is -10.7. The number of benzene rings is 3. The van der Waals surface area contributed by atoms with Crippen molar-refractivity contribution < 1.29 is 67.1 Å². The summed E-state index contributed by atoms with van der Waals surface area (Å²) in [6.07, 6.45) is -6.75. The van der Waals surface area contributed by atoms with Crippen LogP contribution in [0.4, 0.5) is 23.5 Å². The Labute approximate surface area is 639 Å². The molecule has 0 spiro atoms. The number of hydrogen-bond donors (Lipinski definition) is 8. The van der Waals surface area contributed by atoms with Gasteiger partial charge in [0, 0.05) is 48.9 Å². The fourth-order valence-electron chi connectivity index (χ4n) is 15.1. The molecule has 16 unspecified atom stereocenters. The Balaban J connectivity index is 0.711. The highest BCUT2D eigenvalue weighted by molar-refractivity contribution is 8.00. The van der Waals surface area contributed by atoms with Crippen molar-refractivity contribution in [2.45, 2.75) is 161 Å². The van der Waals surface area contributed by atoms with E-state index >= 15 is 0 Å². The number of hydrogen-bond acceptors (Lipinski definition) is 32. The van der Waals surface area contributed by atoms with Crippen LogP contribution in [0.2, 0.25) is 0 Å². The van der Waals surface area contributed by atoms with Gasteiger partial charge in [0.25, 0.3) is 11.1 Å². The zero-order valence-corrected chi connectivity index (χ0v) is 61.9. The molecular formula is C73H82N20O18S. The van der Waals surface area contributed by atoms with Crippen LogP contribution in [0.15, 0.2) is 147 Å². The quantitative estimate of drug-likeness (QED) is 0.0208. The third kappa shape index (κ3) is 14.7. The maximum Gasteiger partial charge on any atom is 0.351 e. The van der Waals surface area contributed by atoms with Gasteiger partial charge in [-0.1, -0.05) is 68.4 Å². The monoisotopic (exact) mass is 1560 g/mol. The molecule has 0 saturated carbocycles. The SMILES string of the molecule is COc1ccc(C(OCC2OC(n3ccc(N)nc3=O)C(O)C2OCC2OC(n3cnc4c(N)ncnc43)CC2OCC2OC(n3cnc4c(SC(C)C)nc(N)nc43)CC2OCC2OC(n3cnc4c(=O)[nH]c(N)nc43)CC2OCC2OC(n3cc(C)c(=O)[nH]c3=O)CC2O)(c2ccccc2)c2ccc(OC)cc2)cc1. The molecule has 5 saturated heterocycles. The maximum absolute atomic E-state index is 13.8. The van der Waals surface area contributed by atoms with Gasteiger partial charge in [-0.2, -0.15) is 15.0 Å². The number of fused-ring (bicyclic) bond motifs is 3. The van der Waals surface area contributed by atoms with Crippen molar-refractivity contribution in [3.05, 3.63) is 187 Å². The molecule has 16 atom stereocenters. The average molecular weight is 1560 g/mol. The summed E-state index contributed by atoms with van der Waals surface area (Å²) in [5, 5.41) is 24.8. The normalized spacial score (nSPS) is 26.1. The van der Waals surface area contributed by atoms with Crippen LogP contribution < -0.4 is 54.9 Å². The van der Waals surface area contributed by atoms with E-state index in [0.717, 1.165) is 10.1 Å². The average Bonchev–Trinajstić information content (AvgIpc) is 1.08. The van der Waals surface area contributed by atoms with Crippen LogP contribution in [0, 0.1) is 6.92 Å². The first-order chi connectivity index (χ1) is 54.2. The Kier molecular flexibility index (Phi) is 21.2. The molecule has 588 valence electrons. The minimum atomic E-state index is -1.55. The van der Waals surface area contributed by atoms with E-state index in [1.165, 1.54) is 47.4 Å². The van der Waals surface area contributed by atoms with Crippen molar-refractivity contribution in [2.24, 2.45) is 0 Å². The number of rotatable bonds is 27. The van der Waals surface area contributed by atoms with Crippen molar-refractivity contribution in [1.82, 2.24) is 77.7 Å². The van der Waals surface area contributed by atoms with Gasteiger partial charge >= 0.3 is 11.4 Å². The summed E-state index contributed by atoms with van der Waals surface area (Å²) >= 11 is 1.48. The highest BCUT2D eigenvalue weighted by Crippen LogP contribution is 2.45. The van der Waals surface area contributed by atoms with E-state index in [2.05, 4.69) is 49.8 Å². The standard InChI is InChI=1S/C73H82N20O18S/c1-35(2)112-67-58-64(85-70(77)88-67)93(34-82-58)55-24-44(103-27-47-43(23-54(108-47)92-33-81-57-63(92)84-69(76)86-66(57)97)102-26-46-42(94)21-52(107-46)90-25-36(3)65(96)87-72(90)99)48(109-55)28-104-45-22-53(91-32-80-56-61(75)78-31-79-62(56)91)110-49(45)29-105-60-50(111-68(59(60)95)89-20-19-51(74)83-71(89)98)30-106-73(37-9-7-6-8-10-37,38-11-15-40(100-4)16-12-38)39-13-17-41(101-5)18-14-39/h6-20,25,31-35,42-50,52-55,59-60,68,94-95H,21-24,26-30H2,1-5H3,(H2,74,83,98)(H2,75,78,79)(H2,77,85,88)(H,87,96,99)(H3,76,84,86,97). The van der Waals surface area contributed by atoms with Gasteiger partial charge in [0.2, 0.25) is 11.9 Å². The van der Waals surface area contributed by atoms with Gasteiger partial charge in [-0.15, -0.1) is 11.8 Å². The number of H-pyrrole nitrogens is 2. The molecule has 112 heavy (non-hydrogen) atoms. The van der Waals surface area contributed by atoms with Gasteiger partial charge in [-0.25, -0.2) is 39.5 Å². The number of methoxy groups -OCH3 is 2. The number of ether oxygens (including phenoxy) is 12. The summed E-state index contributed by atoms with van der Waals surface area (Å²) in [6.45, 7) is 4.61. The predicted octanol–water partition coefficient (Wildman–Crippen LogP) is 3.08. The van der Waals surface area contributed by atoms with Crippen LogP contribution in [-0.4, -0.2) is 208 Å². The minimum Gasteiger partial charge on any atom is -0.497 e. The number of nitrogens with zero attached hydrogens (tertiary/aromatic N) is 14. The summed E-state index contributed by atoms with van der Waals surface area (Å²) < 4.78 is 87.7. The number of aliphatic hydroxyl groups excluding tert-OH is 2. The zero-order valence-electron chi connectivity index (χ0n) is 61.1. The van der Waals surface area contributed by atoms with Crippen LogP contribution >= 0.6 is 11.8 Å². The van der Waals surface area contributed by atoms with E-state index < -0.39 is 126 Å². The third-order valence-corrected chi connectivity index (χ3v) is 21.7. The number of imidazole rings is 3. The molecule has 11 aromatic rings. The van der Waals surface area contributed by atoms with Crippen molar-refractivity contribution in [1.29, 1.82) is 0 Å². The Bertz CT molecular complexity index is 5410. The van der Waals surface area contributed by atoms with Crippen LogP contribution in [0.5, 0.6) is 11.5 Å². The number of nitrogen functional groups attached to an aromatic ring is 4. The fraction of sp³-hybridized carbons (Fsp3) is 0.438. The number of thioether (sulfide) groups is 1. The molecular weight excluding hydrogens is 1480 g/mol. The van der Waals surface area contributed by atoms with Gasteiger partial charge in [0.05, 0.1) is 90.7 Å². The second-order valence-electron chi connectivity index (χ2n) is 28.1. The highest BCUT2D eigenvalue weighted by Gasteiger charge is 2.51. The van der Waals surface area contributed by atoms with E-state index in [-0.39, 0.29) is 104 Å². The molecule has 5 aliphatic rings. The maximum atomic E-state index is 13.8. The van der Waals surface area contributed by atoms with Gasteiger partial charge in [0.15, 0.2) is 34.5 Å². The number of nitrogens with one attached hydrogen (secondary N) is 2. The van der Waals surface area contributed by atoms with Crippen LogP contribution in [0.1, 0.15) is 92.9 Å². The molecule has 13 heterocycles. The van der Waals surface area contributed by atoms with E-state index in [1.54, 1.807) is 47.5 Å². The van der Waals surface area contributed by atoms with Crippen molar-refractivity contribution >= 4 is 68.8 Å². The van der Waals surface area contributed by atoms with Crippen LogP contribution in [0.3, 0.4) is 0 Å². The first kappa shape index (κ1) is 75.4. The van der Waals surface area contributed by atoms with E-state index in [0.29, 0.717) is 50.0 Å². The lowest BCUT2D eigenvalue weighted by molar-refractivity contribution is -0.143. The van der Waals surface area contributed by atoms with Gasteiger partial charge < -0.3 is 90.0 Å². The number of aromatic amines is 2. The summed E-state index contributed by atoms with van der Waals surface area (Å²) in [6, 6.07) is 26.0. The number of aromatic nitrogens is 16. The third-order valence-electron chi connectivity index (χ3n) is 20.7. The lowest BCUT2D eigenvalue weighted by atomic mass is 9.80. The number of aliphatic hydroxyl groups is 2. The number of nitrogens with two attached hydrogens (primary N) is 4. The predicted molar refractivity (Wildman–Crippen MR) is 399 cm³/mol. The summed E-state index contributed by atoms with van der Waals surface area (Å²) in [4.78, 5) is 96.9. The van der Waals surface area contributed by atoms with Gasteiger partial charge in [0.1, 0.15) is 113 Å². The minimum absolute atomic E-state index is 0.0105. The van der Waals surface area contributed by atoms with Gasteiger partial charge in [-0.3, -0.25) is 42.4 Å². The molecule has 12 N–H and O–H groups in total. The molecule has 38 nitrogen and oxygen atoms in total. The second-order valence-corrected chi connectivity index (χ2v) is 29.6. The summed E-state index contributed by atoms with van der Waals surface area (Å²) in [5.74, 6) is 1.19. The fourth-order valence-corrected chi connectivity index (χ4v) is 16.0. The zero-order chi connectivity index (χ0) is 77.8. The lowest BCUT2D eigenvalue weighted by Crippen LogP contribution is -2.43. The smallest absolute Gasteiger partial charge is 0.351 e. The largest absolute Gasteiger partial charge is 0.497 e. The molecule has 8 aromatic heterocycles. The molecule has 5 fully saturated rings. The van der Waals surface area contributed by atoms with E-state index in [1.807, 2.05) is 92.7 Å². The lowest BCUT2D eigenvalue weighted by Gasteiger charge is -2.37. The second kappa shape index (κ2) is 31.5. The Morgan fingerprint density at radius 2 is 1.10 bits per heavy atom. The van der Waals surface area contributed by atoms with Crippen molar-refractivity contribution in [3.63, 3.8) is 0 Å². The first-order valence-electron chi connectivity index (χ1n) is 36.3. The van der Waals surface area contributed by atoms with E-state index in [9.17, 15) is 29.4 Å². The Morgan fingerprint density at radius 3 is 1.70 bits per heavy atom. The highest BCUT2D eigenvalue weighted by atomic mass is 32.2. The van der Waals surface area contributed by atoms with Crippen molar-refractivity contribution in [3.8, 4) is 11.5 Å². The molecule has 3 aromatic carbocycles. The number of anilines is 4.